The Balaban J connectivity index is 1.74. The summed E-state index contributed by atoms with van der Waals surface area (Å²) in [5.74, 6) is 0.478. The Morgan fingerprint density at radius 1 is 1.30 bits per heavy atom. The van der Waals surface area contributed by atoms with E-state index in [4.69, 9.17) is 0 Å². The van der Waals surface area contributed by atoms with E-state index in [-0.39, 0.29) is 12.1 Å². The van der Waals surface area contributed by atoms with Crippen LogP contribution < -0.4 is 10.9 Å². The Hall–Kier alpha value is -2.33. The van der Waals surface area contributed by atoms with Crippen LogP contribution in [0, 0.1) is 0 Å². The molecule has 1 aromatic carbocycles. The Morgan fingerprint density at radius 2 is 2.13 bits per heavy atom. The van der Waals surface area contributed by atoms with Crippen LogP contribution in [0.4, 0.5) is 5.13 Å². The average Bonchev–Trinajstić information content (AvgIpc) is 2.98. The molecule has 0 aliphatic rings. The fraction of sp³-hybridized carbons (Fsp3) is 0.231. The number of hydrogen-bond donors (Lipinski definition) is 1. The van der Waals surface area contributed by atoms with Crippen LogP contribution in [-0.2, 0) is 11.3 Å². The third-order valence-electron chi connectivity index (χ3n) is 2.84. The van der Waals surface area contributed by atoms with E-state index in [1.165, 1.54) is 11.3 Å². The van der Waals surface area contributed by atoms with Crippen molar-refractivity contribution in [3.8, 4) is 0 Å². The molecular weight excluding hydrogens is 336 g/mol. The van der Waals surface area contributed by atoms with Gasteiger partial charge in [-0.2, -0.15) is 0 Å². The predicted molar refractivity (Wildman–Crippen MR) is 88.7 cm³/mol. The number of rotatable bonds is 5. The van der Waals surface area contributed by atoms with E-state index in [9.17, 15) is 9.59 Å². The summed E-state index contributed by atoms with van der Waals surface area (Å²) in [7, 11) is 0. The highest BCUT2D eigenvalue weighted by Gasteiger charge is 2.12. The van der Waals surface area contributed by atoms with Crippen molar-refractivity contribution in [2.75, 3.05) is 11.1 Å². The number of carbonyl (C=O) groups excluding carboxylic acids is 1. The number of thioether (sulfide) groups is 1. The first-order valence-corrected chi connectivity index (χ1v) is 8.56. The van der Waals surface area contributed by atoms with Gasteiger partial charge >= 0.3 is 0 Å². The molecule has 3 aromatic rings. The van der Waals surface area contributed by atoms with Crippen LogP contribution in [0.1, 0.15) is 6.92 Å². The van der Waals surface area contributed by atoms with Crippen molar-refractivity contribution in [1.82, 2.24) is 25.2 Å². The Bertz CT molecular complexity index is 907. The van der Waals surface area contributed by atoms with Gasteiger partial charge in [-0.15, -0.1) is 15.3 Å². The molecule has 0 saturated heterocycles. The lowest BCUT2D eigenvalue weighted by Crippen LogP contribution is -2.30. The normalized spacial score (nSPS) is 10.8. The van der Waals surface area contributed by atoms with Crippen LogP contribution in [0.2, 0.25) is 0 Å². The van der Waals surface area contributed by atoms with Gasteiger partial charge in [0.1, 0.15) is 12.1 Å². The first-order valence-electron chi connectivity index (χ1n) is 6.76. The summed E-state index contributed by atoms with van der Waals surface area (Å²) in [6.07, 6.45) is 0. The van der Waals surface area contributed by atoms with E-state index in [1.54, 1.807) is 36.0 Å². The number of aromatic nitrogens is 5. The SMILES string of the molecule is CCSc1nnc(NC(=O)Cn2nnc3ccccc3c2=O)s1. The molecule has 2 heterocycles. The van der Waals surface area contributed by atoms with Crippen LogP contribution >= 0.6 is 23.1 Å². The molecule has 1 amide bonds. The quantitative estimate of drug-likeness (QED) is 0.549. The third kappa shape index (κ3) is 3.54. The maximum atomic E-state index is 12.3. The molecule has 0 radical (unpaired) electrons. The fourth-order valence-electron chi connectivity index (χ4n) is 1.86. The molecule has 118 valence electrons. The first kappa shape index (κ1) is 15.6. The molecule has 0 bridgehead atoms. The van der Waals surface area contributed by atoms with Gasteiger partial charge in [0, 0.05) is 0 Å². The molecule has 0 fully saturated rings. The van der Waals surface area contributed by atoms with Gasteiger partial charge in [-0.05, 0) is 17.9 Å². The topological polar surface area (TPSA) is 103 Å². The lowest BCUT2D eigenvalue weighted by atomic mass is 10.2. The number of carbonyl (C=O) groups is 1. The predicted octanol–water partition coefficient (Wildman–Crippen LogP) is 1.39. The lowest BCUT2D eigenvalue weighted by Gasteiger charge is -2.04. The average molecular weight is 348 g/mol. The van der Waals surface area contributed by atoms with Gasteiger partial charge in [-0.1, -0.05) is 47.4 Å². The zero-order valence-corrected chi connectivity index (χ0v) is 13.7. The van der Waals surface area contributed by atoms with Crippen molar-refractivity contribution in [2.45, 2.75) is 17.8 Å². The third-order valence-corrected chi connectivity index (χ3v) is 4.70. The number of nitrogens with one attached hydrogen (secondary N) is 1. The highest BCUT2D eigenvalue weighted by Crippen LogP contribution is 2.24. The Labute approximate surface area is 138 Å². The van der Waals surface area contributed by atoms with Gasteiger partial charge in [0.25, 0.3) is 5.56 Å². The van der Waals surface area contributed by atoms with Crippen LogP contribution in [0.5, 0.6) is 0 Å². The molecular formula is C13H12N6O2S2. The minimum atomic E-state index is -0.402. The standard InChI is InChI=1S/C13H12N6O2S2/c1-2-22-13-17-16-12(23-13)14-10(20)7-19-11(21)8-5-3-4-6-9(8)15-18-19/h3-6H,2,7H2,1H3,(H,14,16,20). The maximum Gasteiger partial charge on any atom is 0.278 e. The van der Waals surface area contributed by atoms with Gasteiger partial charge in [0.2, 0.25) is 11.0 Å². The smallest absolute Gasteiger partial charge is 0.278 e. The number of anilines is 1. The van der Waals surface area contributed by atoms with E-state index < -0.39 is 5.91 Å². The fourth-order valence-corrected chi connectivity index (χ4v) is 3.53. The van der Waals surface area contributed by atoms with E-state index in [2.05, 4.69) is 25.8 Å². The number of benzene rings is 1. The minimum absolute atomic E-state index is 0.230. The molecule has 23 heavy (non-hydrogen) atoms. The molecule has 0 spiro atoms. The van der Waals surface area contributed by atoms with Crippen LogP contribution in [0.15, 0.2) is 33.4 Å². The van der Waals surface area contributed by atoms with E-state index in [0.29, 0.717) is 16.0 Å². The molecule has 8 nitrogen and oxygen atoms in total. The highest BCUT2D eigenvalue weighted by atomic mass is 32.2. The van der Waals surface area contributed by atoms with E-state index >= 15 is 0 Å². The summed E-state index contributed by atoms with van der Waals surface area (Å²) < 4.78 is 1.81. The number of hydrogen-bond acceptors (Lipinski definition) is 8. The first-order chi connectivity index (χ1) is 11.2. The van der Waals surface area contributed by atoms with Crippen LogP contribution in [0.3, 0.4) is 0 Å². The summed E-state index contributed by atoms with van der Waals surface area (Å²) in [5, 5.41) is 19.0. The van der Waals surface area contributed by atoms with Crippen molar-refractivity contribution in [3.63, 3.8) is 0 Å². The van der Waals surface area contributed by atoms with E-state index in [0.717, 1.165) is 14.8 Å². The molecule has 0 atom stereocenters. The second-order valence-electron chi connectivity index (χ2n) is 4.42. The summed E-state index contributed by atoms with van der Waals surface area (Å²) >= 11 is 2.84. The zero-order valence-electron chi connectivity index (χ0n) is 12.1. The molecule has 1 N–H and O–H groups in total. The summed E-state index contributed by atoms with van der Waals surface area (Å²) in [6.45, 7) is 1.78. The molecule has 0 aliphatic heterocycles. The van der Waals surface area contributed by atoms with Crippen molar-refractivity contribution in [3.05, 3.63) is 34.6 Å². The number of fused-ring (bicyclic) bond motifs is 1. The van der Waals surface area contributed by atoms with Gasteiger partial charge in [-0.25, -0.2) is 4.68 Å². The number of nitrogens with zero attached hydrogens (tertiary/aromatic N) is 5. The number of amides is 1. The van der Waals surface area contributed by atoms with Crippen molar-refractivity contribution >= 4 is 45.0 Å². The van der Waals surface area contributed by atoms with Gasteiger partial charge < -0.3 is 0 Å². The molecule has 0 unspecified atom stereocenters. The second kappa shape index (κ2) is 6.84. The molecule has 0 saturated carbocycles. The molecule has 10 heteroatoms. The second-order valence-corrected chi connectivity index (χ2v) is 6.91. The Morgan fingerprint density at radius 3 is 2.96 bits per heavy atom. The molecule has 0 aliphatic carbocycles. The van der Waals surface area contributed by atoms with Crippen LogP contribution in [-0.4, -0.2) is 36.9 Å². The van der Waals surface area contributed by atoms with Crippen molar-refractivity contribution in [1.29, 1.82) is 0 Å². The van der Waals surface area contributed by atoms with Gasteiger partial charge in [0.15, 0.2) is 4.34 Å². The minimum Gasteiger partial charge on any atom is -0.299 e. The van der Waals surface area contributed by atoms with Crippen molar-refractivity contribution in [2.24, 2.45) is 0 Å². The van der Waals surface area contributed by atoms with E-state index in [1.807, 2.05) is 6.92 Å². The highest BCUT2D eigenvalue weighted by molar-refractivity contribution is 8.01. The Kier molecular flexibility index (Phi) is 4.63. The largest absolute Gasteiger partial charge is 0.299 e. The zero-order chi connectivity index (χ0) is 16.2. The van der Waals surface area contributed by atoms with Gasteiger partial charge in [-0.3, -0.25) is 14.9 Å². The lowest BCUT2D eigenvalue weighted by molar-refractivity contribution is -0.117. The van der Waals surface area contributed by atoms with Crippen molar-refractivity contribution < 1.29 is 4.79 Å². The monoisotopic (exact) mass is 348 g/mol. The molecule has 3 rings (SSSR count). The van der Waals surface area contributed by atoms with Crippen LogP contribution in [0.25, 0.3) is 10.9 Å². The van der Waals surface area contributed by atoms with Gasteiger partial charge in [0.05, 0.1) is 5.39 Å². The summed E-state index contributed by atoms with van der Waals surface area (Å²) in [4.78, 5) is 24.3. The summed E-state index contributed by atoms with van der Waals surface area (Å²) in [5.41, 5.74) is 0.143. The molecule has 2 aromatic heterocycles. The maximum absolute atomic E-state index is 12.3. The summed E-state index contributed by atoms with van der Waals surface area (Å²) in [6, 6.07) is 6.86.